The van der Waals surface area contributed by atoms with E-state index < -0.39 is 24.3 Å². The zero-order valence-corrected chi connectivity index (χ0v) is 22.9. The first-order valence-electron chi connectivity index (χ1n) is 13.3. The first-order chi connectivity index (χ1) is 19.8. The van der Waals surface area contributed by atoms with Crippen LogP contribution in [0.4, 0.5) is 21.1 Å². The van der Waals surface area contributed by atoms with Crippen LogP contribution in [0.1, 0.15) is 42.6 Å². The molecule has 1 aromatic heterocycles. The lowest BCUT2D eigenvalue weighted by atomic mass is 10.1. The third kappa shape index (κ3) is 8.28. The summed E-state index contributed by atoms with van der Waals surface area (Å²) in [6.07, 6.45) is 1.86. The number of aromatic nitrogens is 1. The molecule has 0 radical (unpaired) electrons. The molecule has 0 aliphatic carbocycles. The number of carbonyl (C=O) groups excluding carboxylic acids is 4. The summed E-state index contributed by atoms with van der Waals surface area (Å²) >= 11 is 0. The Kier molecular flexibility index (Phi) is 9.87. The third-order valence-electron chi connectivity index (χ3n) is 6.23. The average Bonchev–Trinajstić information content (AvgIpc) is 3.36. The van der Waals surface area contributed by atoms with Gasteiger partial charge in [-0.2, -0.15) is 0 Å². The van der Waals surface area contributed by atoms with Gasteiger partial charge in [-0.15, -0.1) is 0 Å². The molecule has 0 spiro atoms. The molecular weight excluding hydrogens is 528 g/mol. The van der Waals surface area contributed by atoms with E-state index in [1.165, 1.54) is 11.8 Å². The van der Waals surface area contributed by atoms with Gasteiger partial charge in [0.05, 0.1) is 25.3 Å². The van der Waals surface area contributed by atoms with Crippen molar-refractivity contribution in [3.05, 3.63) is 78.0 Å². The molecule has 214 valence electrons. The molecule has 4 rings (SSSR count). The van der Waals surface area contributed by atoms with Crippen LogP contribution in [-0.4, -0.2) is 54.8 Å². The maximum absolute atomic E-state index is 12.2. The van der Waals surface area contributed by atoms with Gasteiger partial charge in [0.25, 0.3) is 0 Å². The lowest BCUT2D eigenvalue weighted by Gasteiger charge is -2.12. The molecule has 0 bridgehead atoms. The Morgan fingerprint density at radius 3 is 2.39 bits per heavy atom. The molecule has 1 saturated heterocycles. The molecule has 2 aromatic carbocycles. The van der Waals surface area contributed by atoms with Crippen molar-refractivity contribution >= 4 is 35.6 Å². The molecule has 11 heteroatoms. The fourth-order valence-corrected chi connectivity index (χ4v) is 3.97. The molecule has 41 heavy (non-hydrogen) atoms. The van der Waals surface area contributed by atoms with Crippen molar-refractivity contribution in [1.82, 2.24) is 10.3 Å². The van der Waals surface area contributed by atoms with Crippen LogP contribution in [0.25, 0.3) is 11.1 Å². The normalized spacial score (nSPS) is 14.2. The van der Waals surface area contributed by atoms with Crippen molar-refractivity contribution in [1.29, 1.82) is 0 Å². The Labute approximate surface area is 237 Å². The molecule has 11 nitrogen and oxygen atoms in total. The Morgan fingerprint density at radius 2 is 1.73 bits per heavy atom. The minimum Gasteiger partial charge on any atom is -0.462 e. The number of anilines is 2. The summed E-state index contributed by atoms with van der Waals surface area (Å²) in [5.74, 6) is -0.123. The molecule has 2 N–H and O–H groups in total. The van der Waals surface area contributed by atoms with Gasteiger partial charge >= 0.3 is 18.2 Å². The molecule has 3 aromatic rings. The molecule has 0 saturated carbocycles. The zero-order valence-electron chi connectivity index (χ0n) is 22.9. The Morgan fingerprint density at radius 1 is 1.00 bits per heavy atom. The fourth-order valence-electron chi connectivity index (χ4n) is 3.97. The zero-order chi connectivity index (χ0) is 29.2. The second-order valence-electron chi connectivity index (χ2n) is 9.42. The van der Waals surface area contributed by atoms with E-state index in [1.54, 1.807) is 36.5 Å². The average molecular weight is 561 g/mol. The second-order valence-corrected chi connectivity index (χ2v) is 9.42. The minimum atomic E-state index is -0.619. The van der Waals surface area contributed by atoms with Gasteiger partial charge < -0.3 is 19.5 Å². The van der Waals surface area contributed by atoms with E-state index in [2.05, 4.69) is 15.6 Å². The molecule has 2 heterocycles. The van der Waals surface area contributed by atoms with Crippen LogP contribution in [0.3, 0.4) is 0 Å². The highest BCUT2D eigenvalue weighted by Gasteiger charge is 2.33. The van der Waals surface area contributed by atoms with Crippen molar-refractivity contribution < 1.29 is 33.4 Å². The SMILES string of the molecule is CCCCOC(=O)c1ccc(NC(=O)OCc2ccc(-c3ccc(N4CC(CNC(C)=O)OC4=O)nc3)cc2)cc1. The van der Waals surface area contributed by atoms with Crippen molar-refractivity contribution in [3.63, 3.8) is 0 Å². The maximum atomic E-state index is 12.2. The number of benzene rings is 2. The quantitative estimate of drug-likeness (QED) is 0.192. The van der Waals surface area contributed by atoms with Gasteiger partial charge in [0.1, 0.15) is 18.5 Å². The predicted octanol–water partition coefficient (Wildman–Crippen LogP) is 4.92. The van der Waals surface area contributed by atoms with Crippen LogP contribution in [0.2, 0.25) is 0 Å². The number of hydrogen-bond acceptors (Lipinski definition) is 8. The number of pyridine rings is 1. The first kappa shape index (κ1) is 29.1. The summed E-state index contributed by atoms with van der Waals surface area (Å²) < 4.78 is 15.8. The maximum Gasteiger partial charge on any atom is 0.416 e. The lowest BCUT2D eigenvalue weighted by Crippen LogP contribution is -2.33. The predicted molar refractivity (Wildman–Crippen MR) is 151 cm³/mol. The number of ether oxygens (including phenoxy) is 3. The van der Waals surface area contributed by atoms with Gasteiger partial charge in [0.15, 0.2) is 0 Å². The summed E-state index contributed by atoms with van der Waals surface area (Å²) in [7, 11) is 0. The van der Waals surface area contributed by atoms with Crippen LogP contribution in [0.15, 0.2) is 66.9 Å². The van der Waals surface area contributed by atoms with E-state index in [9.17, 15) is 19.2 Å². The van der Waals surface area contributed by atoms with Crippen LogP contribution < -0.4 is 15.5 Å². The standard InChI is InChI=1S/C30H32N4O7/c1-3-4-15-39-28(36)23-9-12-25(13-10-23)33-29(37)40-19-21-5-7-22(8-6-21)24-11-14-27(32-16-24)34-18-26(41-30(34)38)17-31-20(2)35/h5-14,16,26H,3-4,15,17-19H2,1-2H3,(H,31,35)(H,33,37). The number of cyclic esters (lactones) is 1. The molecule has 1 aliphatic heterocycles. The number of carbonyl (C=O) groups is 4. The van der Waals surface area contributed by atoms with Crippen molar-refractivity contribution in [2.24, 2.45) is 0 Å². The number of esters is 1. The van der Waals surface area contributed by atoms with Crippen LogP contribution in [-0.2, 0) is 25.6 Å². The van der Waals surface area contributed by atoms with Gasteiger partial charge in [-0.1, -0.05) is 37.6 Å². The Hall–Kier alpha value is -4.93. The second kappa shape index (κ2) is 13.9. The van der Waals surface area contributed by atoms with E-state index in [0.29, 0.717) is 30.2 Å². The lowest BCUT2D eigenvalue weighted by molar-refractivity contribution is -0.119. The number of nitrogens with zero attached hydrogens (tertiary/aromatic N) is 2. The third-order valence-corrected chi connectivity index (χ3v) is 6.23. The topological polar surface area (TPSA) is 136 Å². The fraction of sp³-hybridized carbons (Fsp3) is 0.300. The number of nitrogens with one attached hydrogen (secondary N) is 2. The summed E-state index contributed by atoms with van der Waals surface area (Å²) in [5.41, 5.74) is 3.45. The molecule has 1 aliphatic rings. The summed E-state index contributed by atoms with van der Waals surface area (Å²) in [4.78, 5) is 53.4. The first-order valence-corrected chi connectivity index (χ1v) is 13.3. The highest BCUT2D eigenvalue weighted by Crippen LogP contribution is 2.24. The highest BCUT2D eigenvalue weighted by molar-refractivity contribution is 5.91. The molecule has 1 unspecified atom stereocenters. The van der Waals surface area contributed by atoms with E-state index >= 15 is 0 Å². The Balaban J connectivity index is 1.24. The van der Waals surface area contributed by atoms with Gasteiger partial charge in [-0.05, 0) is 53.9 Å². The highest BCUT2D eigenvalue weighted by atomic mass is 16.6. The van der Waals surface area contributed by atoms with Gasteiger partial charge in [-0.3, -0.25) is 15.0 Å². The van der Waals surface area contributed by atoms with Gasteiger partial charge in [0.2, 0.25) is 5.91 Å². The molecular formula is C30H32N4O7. The van der Waals surface area contributed by atoms with Crippen LogP contribution in [0.5, 0.6) is 0 Å². The van der Waals surface area contributed by atoms with Crippen molar-refractivity contribution in [2.75, 3.05) is 29.9 Å². The van der Waals surface area contributed by atoms with E-state index in [-0.39, 0.29) is 19.1 Å². The monoisotopic (exact) mass is 560 g/mol. The van der Waals surface area contributed by atoms with Crippen LogP contribution >= 0.6 is 0 Å². The van der Waals surface area contributed by atoms with Gasteiger partial charge in [-0.25, -0.2) is 19.4 Å². The largest absolute Gasteiger partial charge is 0.462 e. The number of rotatable bonds is 11. The van der Waals surface area contributed by atoms with E-state index in [4.69, 9.17) is 14.2 Å². The number of hydrogen-bond donors (Lipinski definition) is 2. The molecule has 1 fully saturated rings. The summed E-state index contributed by atoms with van der Waals surface area (Å²) in [6.45, 7) is 4.42. The van der Waals surface area contributed by atoms with Gasteiger partial charge in [0, 0.05) is 24.4 Å². The Bertz CT molecular complexity index is 1360. The minimum absolute atomic E-state index is 0.0713. The van der Waals surface area contributed by atoms with Crippen LogP contribution in [0, 0.1) is 0 Å². The van der Waals surface area contributed by atoms with E-state index in [1.807, 2.05) is 37.3 Å². The summed E-state index contributed by atoms with van der Waals surface area (Å²) in [5, 5.41) is 5.28. The van der Waals surface area contributed by atoms with Crippen molar-refractivity contribution in [2.45, 2.75) is 39.4 Å². The number of unbranched alkanes of at least 4 members (excludes halogenated alkanes) is 1. The number of amides is 3. The van der Waals surface area contributed by atoms with E-state index in [0.717, 1.165) is 29.5 Å². The van der Waals surface area contributed by atoms with Crippen molar-refractivity contribution in [3.8, 4) is 11.1 Å². The molecule has 1 atom stereocenters. The smallest absolute Gasteiger partial charge is 0.416 e. The molecule has 3 amide bonds. The summed E-state index contributed by atoms with van der Waals surface area (Å²) in [6, 6.07) is 17.5.